The fourth-order valence-electron chi connectivity index (χ4n) is 1.40. The van der Waals surface area contributed by atoms with Gasteiger partial charge in [-0.1, -0.05) is 6.58 Å². The number of carbonyl (C=O) groups excluding carboxylic acids is 1. The van der Waals surface area contributed by atoms with Crippen LogP contribution in [0.3, 0.4) is 0 Å². The summed E-state index contributed by atoms with van der Waals surface area (Å²) in [5, 5.41) is 2.75. The van der Waals surface area contributed by atoms with Crippen molar-refractivity contribution in [2.75, 3.05) is 5.32 Å². The van der Waals surface area contributed by atoms with Crippen molar-refractivity contribution in [2.24, 2.45) is 0 Å². The number of amides is 1. The van der Waals surface area contributed by atoms with Gasteiger partial charge in [0.05, 0.1) is 0 Å². The van der Waals surface area contributed by atoms with Gasteiger partial charge in [-0.25, -0.2) is 4.98 Å². The Bertz CT molecular complexity index is 415. The fraction of sp³-hybridized carbons (Fsp3) is 0.200. The van der Waals surface area contributed by atoms with Crippen LogP contribution in [-0.4, -0.2) is 10.9 Å². The molecular formula is C10H9BrN2O. The van der Waals surface area contributed by atoms with Gasteiger partial charge >= 0.3 is 0 Å². The minimum absolute atomic E-state index is 0.000257. The molecule has 0 aliphatic carbocycles. The van der Waals surface area contributed by atoms with E-state index in [2.05, 4.69) is 32.8 Å². The van der Waals surface area contributed by atoms with Crippen LogP contribution in [0.25, 0.3) is 5.57 Å². The summed E-state index contributed by atoms with van der Waals surface area (Å²) in [6, 6.07) is 1.93. The summed E-state index contributed by atoms with van der Waals surface area (Å²) in [6.07, 6.45) is 2.83. The Morgan fingerprint density at radius 2 is 2.29 bits per heavy atom. The molecule has 0 bridgehead atoms. The van der Waals surface area contributed by atoms with Gasteiger partial charge < -0.3 is 5.32 Å². The van der Waals surface area contributed by atoms with Crippen LogP contribution < -0.4 is 5.32 Å². The minimum atomic E-state index is -0.000257. The first-order chi connectivity index (χ1) is 6.66. The first-order valence-electron chi connectivity index (χ1n) is 4.30. The molecule has 0 aromatic carbocycles. The van der Waals surface area contributed by atoms with Gasteiger partial charge in [0.15, 0.2) is 0 Å². The Balaban J connectivity index is 2.52. The highest BCUT2D eigenvalue weighted by Crippen LogP contribution is 2.29. The van der Waals surface area contributed by atoms with Crippen molar-refractivity contribution in [3.8, 4) is 0 Å². The van der Waals surface area contributed by atoms with Gasteiger partial charge in [-0.2, -0.15) is 0 Å². The molecule has 3 nitrogen and oxygen atoms in total. The van der Waals surface area contributed by atoms with Gasteiger partial charge in [0.25, 0.3) is 0 Å². The molecular weight excluding hydrogens is 244 g/mol. The second-order valence-corrected chi connectivity index (χ2v) is 4.12. The minimum Gasteiger partial charge on any atom is -0.310 e. The van der Waals surface area contributed by atoms with Crippen LogP contribution in [0.2, 0.25) is 0 Å². The number of halogens is 1. The number of rotatable bonds is 0. The lowest BCUT2D eigenvalue weighted by Gasteiger charge is -2.06. The number of pyridine rings is 1. The number of carbonyl (C=O) groups is 1. The summed E-state index contributed by atoms with van der Waals surface area (Å²) < 4.78 is 0.897. The number of nitrogens with one attached hydrogen (secondary N) is 1. The van der Waals surface area contributed by atoms with Crippen LogP contribution in [0.15, 0.2) is 23.3 Å². The average Bonchev–Trinajstić information content (AvgIpc) is 2.29. The molecule has 2 rings (SSSR count). The predicted octanol–water partition coefficient (Wildman–Crippen LogP) is 2.59. The Morgan fingerprint density at radius 1 is 1.50 bits per heavy atom. The Morgan fingerprint density at radius 3 is 3.07 bits per heavy atom. The lowest BCUT2D eigenvalue weighted by Crippen LogP contribution is -2.10. The van der Waals surface area contributed by atoms with E-state index in [-0.39, 0.29) is 5.91 Å². The van der Waals surface area contributed by atoms with Crippen LogP contribution in [-0.2, 0) is 4.79 Å². The normalized spacial score (nSPS) is 15.8. The van der Waals surface area contributed by atoms with Gasteiger partial charge in [0, 0.05) is 22.7 Å². The van der Waals surface area contributed by atoms with E-state index in [1.54, 1.807) is 6.20 Å². The smallest absolute Gasteiger partial charge is 0.225 e. The number of aromatic nitrogens is 1. The molecule has 0 saturated heterocycles. The maximum absolute atomic E-state index is 11.3. The largest absolute Gasteiger partial charge is 0.310 e. The van der Waals surface area contributed by atoms with Crippen molar-refractivity contribution in [2.45, 2.75) is 12.8 Å². The fourth-order valence-corrected chi connectivity index (χ4v) is 1.73. The molecule has 0 spiro atoms. The number of anilines is 1. The molecule has 1 aliphatic rings. The van der Waals surface area contributed by atoms with Crippen molar-refractivity contribution in [1.29, 1.82) is 0 Å². The van der Waals surface area contributed by atoms with Gasteiger partial charge in [-0.3, -0.25) is 4.79 Å². The highest BCUT2D eigenvalue weighted by Gasteiger charge is 2.16. The van der Waals surface area contributed by atoms with E-state index in [0.29, 0.717) is 18.7 Å². The van der Waals surface area contributed by atoms with Crippen molar-refractivity contribution >= 4 is 33.2 Å². The standard InChI is InChI=1S/C10H9BrN2O/c1-6-2-3-9(14)13-10-8(6)4-7(11)5-12-10/h4-5H,1-3H2,(H,12,13,14). The van der Waals surface area contributed by atoms with Crippen LogP contribution >= 0.6 is 15.9 Å². The zero-order valence-corrected chi connectivity index (χ0v) is 9.10. The summed E-state index contributed by atoms with van der Waals surface area (Å²) in [6.45, 7) is 3.94. The molecule has 1 aromatic rings. The first kappa shape index (κ1) is 9.40. The Kier molecular flexibility index (Phi) is 2.37. The monoisotopic (exact) mass is 252 g/mol. The molecule has 1 aliphatic heterocycles. The molecule has 0 atom stereocenters. The molecule has 1 N–H and O–H groups in total. The molecule has 0 saturated carbocycles. The summed E-state index contributed by atoms with van der Waals surface area (Å²) in [7, 11) is 0. The van der Waals surface area contributed by atoms with Crippen molar-refractivity contribution < 1.29 is 4.79 Å². The zero-order valence-electron chi connectivity index (χ0n) is 7.51. The Labute approximate surface area is 90.4 Å². The summed E-state index contributed by atoms with van der Waals surface area (Å²) in [5.74, 6) is 0.612. The van der Waals surface area contributed by atoms with E-state index in [9.17, 15) is 4.79 Å². The third-order valence-electron chi connectivity index (χ3n) is 2.15. The molecule has 0 unspecified atom stereocenters. The number of hydrogen-bond acceptors (Lipinski definition) is 2. The summed E-state index contributed by atoms with van der Waals surface area (Å²) >= 11 is 3.34. The summed E-state index contributed by atoms with van der Waals surface area (Å²) in [5.41, 5.74) is 1.87. The van der Waals surface area contributed by atoms with E-state index in [4.69, 9.17) is 0 Å². The number of hydrogen-bond donors (Lipinski definition) is 1. The molecule has 1 amide bonds. The van der Waals surface area contributed by atoms with E-state index >= 15 is 0 Å². The highest BCUT2D eigenvalue weighted by atomic mass is 79.9. The van der Waals surface area contributed by atoms with Crippen LogP contribution in [0.4, 0.5) is 5.82 Å². The lowest BCUT2D eigenvalue weighted by atomic mass is 10.1. The average molecular weight is 253 g/mol. The highest BCUT2D eigenvalue weighted by molar-refractivity contribution is 9.10. The van der Waals surface area contributed by atoms with E-state index in [1.165, 1.54) is 0 Å². The predicted molar refractivity (Wildman–Crippen MR) is 58.8 cm³/mol. The maximum Gasteiger partial charge on any atom is 0.225 e. The number of allylic oxidation sites excluding steroid dienone is 1. The van der Waals surface area contributed by atoms with E-state index < -0.39 is 0 Å². The third-order valence-corrected chi connectivity index (χ3v) is 2.58. The molecule has 4 heteroatoms. The van der Waals surface area contributed by atoms with E-state index in [0.717, 1.165) is 15.6 Å². The van der Waals surface area contributed by atoms with Gasteiger partial charge in [0.2, 0.25) is 5.91 Å². The molecule has 0 fully saturated rings. The molecule has 72 valence electrons. The Hall–Kier alpha value is -1.16. The van der Waals surface area contributed by atoms with Crippen molar-refractivity contribution in [1.82, 2.24) is 4.98 Å². The first-order valence-corrected chi connectivity index (χ1v) is 5.09. The van der Waals surface area contributed by atoms with E-state index in [1.807, 2.05) is 6.07 Å². The van der Waals surface area contributed by atoms with Gasteiger partial charge in [0.1, 0.15) is 5.82 Å². The quantitative estimate of drug-likeness (QED) is 0.772. The van der Waals surface area contributed by atoms with Gasteiger partial charge in [-0.05, 0) is 34.0 Å². The topological polar surface area (TPSA) is 42.0 Å². The van der Waals surface area contributed by atoms with Crippen molar-refractivity contribution in [3.63, 3.8) is 0 Å². The molecule has 0 radical (unpaired) electrons. The maximum atomic E-state index is 11.3. The second kappa shape index (κ2) is 3.53. The van der Waals surface area contributed by atoms with Crippen molar-refractivity contribution in [3.05, 3.63) is 28.9 Å². The zero-order chi connectivity index (χ0) is 10.1. The third kappa shape index (κ3) is 1.70. The van der Waals surface area contributed by atoms with Crippen LogP contribution in [0, 0.1) is 0 Å². The summed E-state index contributed by atoms with van der Waals surface area (Å²) in [4.78, 5) is 15.4. The van der Waals surface area contributed by atoms with Crippen LogP contribution in [0.5, 0.6) is 0 Å². The number of fused-ring (bicyclic) bond motifs is 1. The lowest BCUT2D eigenvalue weighted by molar-refractivity contribution is -0.116. The SMILES string of the molecule is C=C1CCC(=O)Nc2ncc(Br)cc21. The molecule has 2 heterocycles. The van der Waals surface area contributed by atoms with Gasteiger partial charge in [-0.15, -0.1) is 0 Å². The molecule has 1 aromatic heterocycles. The molecule has 14 heavy (non-hydrogen) atoms. The second-order valence-electron chi connectivity index (χ2n) is 3.20. The number of nitrogens with zero attached hydrogens (tertiary/aromatic N) is 1. The van der Waals surface area contributed by atoms with Crippen LogP contribution in [0.1, 0.15) is 18.4 Å².